The lowest BCUT2D eigenvalue weighted by atomic mass is 9.78. The van der Waals surface area contributed by atoms with E-state index in [2.05, 4.69) is 23.9 Å². The average Bonchev–Trinajstić information content (AvgIpc) is 2.44. The molecule has 0 radical (unpaired) electrons. The summed E-state index contributed by atoms with van der Waals surface area (Å²) in [4.78, 5) is 12.4. The first-order valence-electron chi connectivity index (χ1n) is 8.11. The van der Waals surface area contributed by atoms with Gasteiger partial charge in [0.1, 0.15) is 0 Å². The Morgan fingerprint density at radius 2 is 1.78 bits per heavy atom. The molecule has 1 fully saturated rings. The number of carbonyl (C=O) groups is 1. The summed E-state index contributed by atoms with van der Waals surface area (Å²) in [6, 6.07) is 7.21. The smallest absolute Gasteiger partial charge is 0.229 e. The Labute approximate surface area is 138 Å². The number of hydrogen-bond acceptors (Lipinski definition) is 3. The van der Waals surface area contributed by atoms with Gasteiger partial charge in [0.05, 0.1) is 18.4 Å². The van der Waals surface area contributed by atoms with Gasteiger partial charge in [0, 0.05) is 6.04 Å². The highest BCUT2D eigenvalue weighted by Gasteiger charge is 2.28. The van der Waals surface area contributed by atoms with Crippen molar-refractivity contribution in [3.05, 3.63) is 29.8 Å². The van der Waals surface area contributed by atoms with Gasteiger partial charge >= 0.3 is 0 Å². The molecule has 0 saturated heterocycles. The molecule has 128 valence electrons. The molecule has 0 aliphatic heterocycles. The molecule has 0 heterocycles. The minimum absolute atomic E-state index is 0.0571. The van der Waals surface area contributed by atoms with Crippen molar-refractivity contribution in [1.82, 2.24) is 5.32 Å². The molecule has 6 heteroatoms. The molecule has 2 N–H and O–H groups in total. The number of anilines is 1. The van der Waals surface area contributed by atoms with Crippen LogP contribution in [0.15, 0.2) is 24.3 Å². The van der Waals surface area contributed by atoms with Crippen LogP contribution < -0.4 is 10.0 Å². The molecule has 0 spiro atoms. The molecule has 1 aromatic carbocycles. The molecule has 2 atom stereocenters. The minimum Gasteiger partial charge on any atom is -0.353 e. The highest BCUT2D eigenvalue weighted by Crippen LogP contribution is 2.29. The number of sulfonamides is 1. The highest BCUT2D eigenvalue weighted by molar-refractivity contribution is 7.92. The fraction of sp³-hybridized carbons (Fsp3) is 0.588. The van der Waals surface area contributed by atoms with Crippen LogP contribution in [0.25, 0.3) is 0 Å². The molecular formula is C17H26N2O3S. The van der Waals surface area contributed by atoms with Gasteiger partial charge in [0.15, 0.2) is 0 Å². The molecule has 1 amide bonds. The van der Waals surface area contributed by atoms with Crippen molar-refractivity contribution in [2.24, 2.45) is 11.8 Å². The number of benzene rings is 1. The molecule has 2 rings (SSSR count). The molecular weight excluding hydrogens is 312 g/mol. The molecule has 1 aromatic rings. The Morgan fingerprint density at radius 3 is 2.39 bits per heavy atom. The second-order valence-corrected chi connectivity index (χ2v) is 8.44. The van der Waals surface area contributed by atoms with Crippen LogP contribution in [0.3, 0.4) is 0 Å². The Balaban J connectivity index is 2.05. The van der Waals surface area contributed by atoms with Crippen molar-refractivity contribution in [2.45, 2.75) is 45.6 Å². The lowest BCUT2D eigenvalue weighted by Gasteiger charge is -2.35. The second-order valence-electron chi connectivity index (χ2n) is 6.69. The van der Waals surface area contributed by atoms with Crippen LogP contribution in [-0.2, 0) is 21.2 Å². The van der Waals surface area contributed by atoms with Crippen LogP contribution in [0.4, 0.5) is 5.69 Å². The van der Waals surface area contributed by atoms with Crippen LogP contribution >= 0.6 is 0 Å². The van der Waals surface area contributed by atoms with Crippen molar-refractivity contribution >= 4 is 21.6 Å². The van der Waals surface area contributed by atoms with Gasteiger partial charge < -0.3 is 5.32 Å². The van der Waals surface area contributed by atoms with E-state index in [-0.39, 0.29) is 18.4 Å². The number of nitrogens with one attached hydrogen (secondary N) is 2. The van der Waals surface area contributed by atoms with Crippen molar-refractivity contribution < 1.29 is 13.2 Å². The van der Waals surface area contributed by atoms with E-state index < -0.39 is 10.0 Å². The standard InChI is InChI=1S/C17H26N2O3S/c1-12-7-6-8-13(2)17(12)18-16(20)11-14-9-4-5-10-15(14)19-23(3,21)22/h4-5,9-10,12-13,17,19H,6-8,11H2,1-3H3,(H,18,20)/t12-,13-/m0/s1. The zero-order chi connectivity index (χ0) is 17.0. The van der Waals surface area contributed by atoms with Crippen LogP contribution in [0.5, 0.6) is 0 Å². The summed E-state index contributed by atoms with van der Waals surface area (Å²) in [6.45, 7) is 4.36. The van der Waals surface area contributed by atoms with Gasteiger partial charge in [0.25, 0.3) is 0 Å². The molecule has 5 nitrogen and oxygen atoms in total. The maximum atomic E-state index is 12.4. The topological polar surface area (TPSA) is 75.3 Å². The quantitative estimate of drug-likeness (QED) is 0.866. The van der Waals surface area contributed by atoms with Crippen molar-refractivity contribution in [1.29, 1.82) is 0 Å². The third-order valence-electron chi connectivity index (χ3n) is 4.54. The van der Waals surface area contributed by atoms with Gasteiger partial charge in [-0.05, 0) is 36.3 Å². The summed E-state index contributed by atoms with van der Waals surface area (Å²) in [7, 11) is -3.36. The molecule has 1 saturated carbocycles. The summed E-state index contributed by atoms with van der Waals surface area (Å²) in [6.07, 6.45) is 4.78. The summed E-state index contributed by atoms with van der Waals surface area (Å²) in [5.74, 6) is 0.900. The van der Waals surface area contributed by atoms with Gasteiger partial charge in [0.2, 0.25) is 15.9 Å². The van der Waals surface area contributed by atoms with Gasteiger partial charge in [-0.3, -0.25) is 9.52 Å². The van der Waals surface area contributed by atoms with Crippen molar-refractivity contribution in [3.63, 3.8) is 0 Å². The first kappa shape index (κ1) is 17.8. The maximum Gasteiger partial charge on any atom is 0.229 e. The minimum atomic E-state index is -3.36. The zero-order valence-electron chi connectivity index (χ0n) is 14.0. The molecule has 23 heavy (non-hydrogen) atoms. The van der Waals surface area contributed by atoms with Gasteiger partial charge in [-0.1, -0.05) is 38.5 Å². The lowest BCUT2D eigenvalue weighted by Crippen LogP contribution is -2.46. The van der Waals surface area contributed by atoms with E-state index in [1.165, 1.54) is 6.42 Å². The SMILES string of the molecule is C[C@H]1CCC[C@H](C)C1NC(=O)Cc1ccccc1NS(C)(=O)=O. The molecule has 0 aromatic heterocycles. The van der Waals surface area contributed by atoms with Gasteiger partial charge in [-0.25, -0.2) is 8.42 Å². The van der Waals surface area contributed by atoms with Crippen LogP contribution in [0.1, 0.15) is 38.7 Å². The van der Waals surface area contributed by atoms with Gasteiger partial charge in [-0.15, -0.1) is 0 Å². The summed E-state index contributed by atoms with van der Waals surface area (Å²) in [5.41, 5.74) is 1.15. The monoisotopic (exact) mass is 338 g/mol. The summed E-state index contributed by atoms with van der Waals surface area (Å²) >= 11 is 0. The molecule has 1 aliphatic carbocycles. The zero-order valence-corrected chi connectivity index (χ0v) is 14.8. The van der Waals surface area contributed by atoms with Crippen molar-refractivity contribution in [3.8, 4) is 0 Å². The number of carbonyl (C=O) groups excluding carboxylic acids is 1. The molecule has 0 bridgehead atoms. The van der Waals surface area contributed by atoms with E-state index in [9.17, 15) is 13.2 Å². The van der Waals surface area contributed by atoms with Crippen LogP contribution in [-0.4, -0.2) is 26.6 Å². The number of hydrogen-bond donors (Lipinski definition) is 2. The highest BCUT2D eigenvalue weighted by atomic mass is 32.2. The predicted octanol–water partition coefficient (Wildman–Crippen LogP) is 2.54. The summed E-state index contributed by atoms with van der Waals surface area (Å²) < 4.78 is 25.3. The van der Waals surface area contributed by atoms with Crippen LogP contribution in [0.2, 0.25) is 0 Å². The predicted molar refractivity (Wildman–Crippen MR) is 92.7 cm³/mol. The first-order valence-corrected chi connectivity index (χ1v) is 10.0. The molecule has 1 aliphatic rings. The van der Waals surface area contributed by atoms with E-state index in [4.69, 9.17) is 0 Å². The van der Waals surface area contributed by atoms with E-state index in [0.29, 0.717) is 23.1 Å². The first-order chi connectivity index (χ1) is 10.8. The summed E-state index contributed by atoms with van der Waals surface area (Å²) in [5, 5.41) is 3.14. The average molecular weight is 338 g/mol. The Hall–Kier alpha value is -1.56. The Kier molecular flexibility index (Phi) is 5.68. The Bertz CT molecular complexity index is 648. The number of rotatable bonds is 5. The molecule has 0 unspecified atom stereocenters. The largest absolute Gasteiger partial charge is 0.353 e. The number of para-hydroxylation sites is 1. The fourth-order valence-electron chi connectivity index (χ4n) is 3.35. The fourth-order valence-corrected chi connectivity index (χ4v) is 3.95. The Morgan fingerprint density at radius 1 is 1.17 bits per heavy atom. The van der Waals surface area contributed by atoms with E-state index in [1.54, 1.807) is 18.2 Å². The lowest BCUT2D eigenvalue weighted by molar-refractivity contribution is -0.122. The van der Waals surface area contributed by atoms with E-state index in [0.717, 1.165) is 19.1 Å². The van der Waals surface area contributed by atoms with E-state index >= 15 is 0 Å². The number of amides is 1. The van der Waals surface area contributed by atoms with Crippen molar-refractivity contribution in [2.75, 3.05) is 11.0 Å². The normalized spacial score (nSPS) is 22.6. The second kappa shape index (κ2) is 7.34. The van der Waals surface area contributed by atoms with Crippen LogP contribution in [0, 0.1) is 11.8 Å². The third kappa shape index (κ3) is 5.23. The third-order valence-corrected chi connectivity index (χ3v) is 5.13. The van der Waals surface area contributed by atoms with E-state index in [1.807, 2.05) is 6.07 Å². The maximum absolute atomic E-state index is 12.4. The van der Waals surface area contributed by atoms with Gasteiger partial charge in [-0.2, -0.15) is 0 Å².